The number of rotatable bonds is 5. The van der Waals surface area contributed by atoms with E-state index in [-0.39, 0.29) is 6.61 Å². The van der Waals surface area contributed by atoms with Gasteiger partial charge in [-0.05, 0) is 24.3 Å². The van der Waals surface area contributed by atoms with Crippen molar-refractivity contribution >= 4 is 0 Å². The molecule has 23 heavy (non-hydrogen) atoms. The van der Waals surface area contributed by atoms with E-state index in [9.17, 15) is 5.11 Å². The van der Waals surface area contributed by atoms with Gasteiger partial charge in [-0.3, -0.25) is 0 Å². The molecule has 2 aromatic carbocycles. The fourth-order valence-corrected chi connectivity index (χ4v) is 2.40. The first-order valence-corrected chi connectivity index (χ1v) is 7.11. The number of methoxy groups -OCH3 is 2. The highest BCUT2D eigenvalue weighted by atomic mass is 16.5. The minimum absolute atomic E-state index is 0.207. The first-order valence-electron chi connectivity index (χ1n) is 7.11. The quantitative estimate of drug-likeness (QED) is 0.784. The number of hydrogen-bond acceptors (Lipinski definition) is 5. The number of ether oxygens (including phenoxy) is 2. The number of aromatic nitrogens is 3. The highest BCUT2D eigenvalue weighted by Crippen LogP contribution is 2.32. The summed E-state index contributed by atoms with van der Waals surface area (Å²) in [6.45, 7) is -0.207. The van der Waals surface area contributed by atoms with Crippen LogP contribution in [0.25, 0.3) is 16.9 Å². The lowest BCUT2D eigenvalue weighted by atomic mass is 10.1. The Hall–Kier alpha value is -2.86. The molecule has 0 amide bonds. The number of benzene rings is 2. The summed E-state index contributed by atoms with van der Waals surface area (Å²) in [5, 5.41) is 17.9. The predicted octanol–water partition coefficient (Wildman–Crippen LogP) is 2.44. The van der Waals surface area contributed by atoms with E-state index in [1.54, 1.807) is 25.0 Å². The molecule has 6 nitrogen and oxygen atoms in total. The number of aliphatic hydroxyl groups excluding tert-OH is 1. The van der Waals surface area contributed by atoms with Gasteiger partial charge in [0.1, 0.15) is 22.9 Å². The van der Waals surface area contributed by atoms with Crippen molar-refractivity contribution in [2.75, 3.05) is 14.2 Å². The van der Waals surface area contributed by atoms with Gasteiger partial charge in [0.25, 0.3) is 0 Å². The topological polar surface area (TPSA) is 69.4 Å². The molecule has 1 aromatic heterocycles. The van der Waals surface area contributed by atoms with Crippen LogP contribution in [0.15, 0.2) is 48.5 Å². The Kier molecular flexibility index (Phi) is 4.25. The van der Waals surface area contributed by atoms with Crippen LogP contribution >= 0.6 is 0 Å². The smallest absolute Gasteiger partial charge is 0.123 e. The second-order valence-corrected chi connectivity index (χ2v) is 4.89. The van der Waals surface area contributed by atoms with Crippen molar-refractivity contribution in [2.45, 2.75) is 6.61 Å². The van der Waals surface area contributed by atoms with Crippen molar-refractivity contribution in [3.05, 3.63) is 54.2 Å². The van der Waals surface area contributed by atoms with Crippen molar-refractivity contribution in [3.63, 3.8) is 0 Å². The van der Waals surface area contributed by atoms with Gasteiger partial charge in [0.2, 0.25) is 0 Å². The molecule has 0 spiro atoms. The zero-order valence-electron chi connectivity index (χ0n) is 12.9. The van der Waals surface area contributed by atoms with Gasteiger partial charge >= 0.3 is 0 Å². The number of nitrogens with zero attached hydrogens (tertiary/aromatic N) is 3. The molecule has 6 heteroatoms. The maximum atomic E-state index is 9.61. The molecular formula is C17H17N3O3. The number of hydrogen-bond donors (Lipinski definition) is 1. The fraction of sp³-hybridized carbons (Fsp3) is 0.176. The van der Waals surface area contributed by atoms with E-state index >= 15 is 0 Å². The molecule has 0 atom stereocenters. The Balaban J connectivity index is 2.21. The van der Waals surface area contributed by atoms with E-state index in [2.05, 4.69) is 10.3 Å². The third-order valence-electron chi connectivity index (χ3n) is 3.52. The average molecular weight is 311 g/mol. The zero-order valence-corrected chi connectivity index (χ0v) is 12.9. The van der Waals surface area contributed by atoms with Crippen LogP contribution in [-0.2, 0) is 6.61 Å². The minimum Gasteiger partial charge on any atom is -0.497 e. The monoisotopic (exact) mass is 311 g/mol. The predicted molar refractivity (Wildman–Crippen MR) is 85.8 cm³/mol. The highest BCUT2D eigenvalue weighted by molar-refractivity contribution is 5.68. The first kappa shape index (κ1) is 15.1. The van der Waals surface area contributed by atoms with E-state index < -0.39 is 0 Å². The molecule has 0 saturated carbocycles. The van der Waals surface area contributed by atoms with Gasteiger partial charge in [0, 0.05) is 11.6 Å². The maximum Gasteiger partial charge on any atom is 0.123 e. The molecule has 118 valence electrons. The third-order valence-corrected chi connectivity index (χ3v) is 3.52. The van der Waals surface area contributed by atoms with Crippen LogP contribution in [0, 0.1) is 0 Å². The van der Waals surface area contributed by atoms with Gasteiger partial charge in [-0.25, -0.2) is 4.68 Å². The van der Waals surface area contributed by atoms with Crippen LogP contribution in [0.4, 0.5) is 0 Å². The molecule has 0 aliphatic rings. The Morgan fingerprint density at radius 2 is 1.65 bits per heavy atom. The molecule has 0 radical (unpaired) electrons. The largest absolute Gasteiger partial charge is 0.497 e. The lowest BCUT2D eigenvalue weighted by Crippen LogP contribution is -2.00. The standard InChI is InChI=1S/C17H17N3O3/c1-22-14-8-12(9-15(10-14)23-2)17-16(11-21)18-19-20(17)13-6-4-3-5-7-13/h3-10,21H,11H2,1-2H3. The Morgan fingerprint density at radius 3 is 2.22 bits per heavy atom. The van der Waals surface area contributed by atoms with Crippen LogP contribution in [0.5, 0.6) is 11.5 Å². The summed E-state index contributed by atoms with van der Waals surface area (Å²) in [7, 11) is 3.19. The van der Waals surface area contributed by atoms with Gasteiger partial charge in [0.15, 0.2) is 0 Å². The summed E-state index contributed by atoms with van der Waals surface area (Å²) >= 11 is 0. The highest BCUT2D eigenvalue weighted by Gasteiger charge is 2.17. The summed E-state index contributed by atoms with van der Waals surface area (Å²) in [6, 6.07) is 15.1. The van der Waals surface area contributed by atoms with Crippen LogP contribution in [0.3, 0.4) is 0 Å². The average Bonchev–Trinajstić information content (AvgIpc) is 3.06. The van der Waals surface area contributed by atoms with Gasteiger partial charge in [-0.2, -0.15) is 0 Å². The Bertz CT molecular complexity index is 778. The van der Waals surface area contributed by atoms with E-state index in [0.717, 1.165) is 11.3 Å². The van der Waals surface area contributed by atoms with Crippen molar-refractivity contribution in [3.8, 4) is 28.4 Å². The molecule has 1 N–H and O–H groups in total. The van der Waals surface area contributed by atoms with Gasteiger partial charge in [-0.15, -0.1) is 5.10 Å². The molecule has 0 aliphatic carbocycles. The molecule has 3 aromatic rings. The first-order chi connectivity index (χ1) is 11.3. The molecule has 0 unspecified atom stereocenters. The second kappa shape index (κ2) is 6.50. The summed E-state index contributed by atoms with van der Waals surface area (Å²) in [4.78, 5) is 0. The minimum atomic E-state index is -0.207. The molecular weight excluding hydrogens is 294 g/mol. The number of aliphatic hydroxyl groups is 1. The van der Waals surface area contributed by atoms with Gasteiger partial charge in [0.05, 0.1) is 26.5 Å². The molecule has 1 heterocycles. The van der Waals surface area contributed by atoms with Crippen LogP contribution in [0.2, 0.25) is 0 Å². The van der Waals surface area contributed by atoms with Crippen LogP contribution < -0.4 is 9.47 Å². The van der Waals surface area contributed by atoms with E-state index in [1.807, 2.05) is 42.5 Å². The molecule has 0 saturated heterocycles. The summed E-state index contributed by atoms with van der Waals surface area (Å²) in [5.74, 6) is 1.31. The van der Waals surface area contributed by atoms with E-state index in [4.69, 9.17) is 9.47 Å². The van der Waals surface area contributed by atoms with Crippen LogP contribution in [0.1, 0.15) is 5.69 Å². The van der Waals surface area contributed by atoms with Gasteiger partial charge in [-0.1, -0.05) is 23.4 Å². The SMILES string of the molecule is COc1cc(OC)cc(-c2c(CO)nnn2-c2ccccc2)c1. The lowest BCUT2D eigenvalue weighted by Gasteiger charge is -2.11. The fourth-order valence-electron chi connectivity index (χ4n) is 2.40. The van der Waals surface area contributed by atoms with E-state index in [1.165, 1.54) is 0 Å². The maximum absolute atomic E-state index is 9.61. The van der Waals surface area contributed by atoms with Crippen molar-refractivity contribution in [2.24, 2.45) is 0 Å². The molecule has 0 fully saturated rings. The van der Waals surface area contributed by atoms with Crippen LogP contribution in [-0.4, -0.2) is 34.3 Å². The summed E-state index contributed by atoms with van der Waals surface area (Å²) in [6.07, 6.45) is 0. The molecule has 0 aliphatic heterocycles. The second-order valence-electron chi connectivity index (χ2n) is 4.89. The summed E-state index contributed by atoms with van der Waals surface area (Å²) in [5.41, 5.74) is 2.86. The Morgan fingerprint density at radius 1 is 1.00 bits per heavy atom. The molecule has 0 bridgehead atoms. The number of para-hydroxylation sites is 1. The zero-order chi connectivity index (χ0) is 16.2. The van der Waals surface area contributed by atoms with Crippen molar-refractivity contribution in [1.29, 1.82) is 0 Å². The Labute approximate surface area is 133 Å². The van der Waals surface area contributed by atoms with E-state index in [0.29, 0.717) is 22.9 Å². The summed E-state index contributed by atoms with van der Waals surface area (Å²) < 4.78 is 12.3. The van der Waals surface area contributed by atoms with Crippen molar-refractivity contribution < 1.29 is 14.6 Å². The van der Waals surface area contributed by atoms with Gasteiger partial charge < -0.3 is 14.6 Å². The normalized spacial score (nSPS) is 10.6. The molecule has 3 rings (SSSR count). The van der Waals surface area contributed by atoms with Crippen molar-refractivity contribution in [1.82, 2.24) is 15.0 Å². The lowest BCUT2D eigenvalue weighted by molar-refractivity contribution is 0.277. The third kappa shape index (κ3) is 2.89.